The summed E-state index contributed by atoms with van der Waals surface area (Å²) in [7, 11) is -1.31. The molecule has 0 N–H and O–H groups in total. The largest absolute Gasteiger partial charge is 0.0687 e. The fourth-order valence-electron chi connectivity index (χ4n) is 3.20. The molecular weight excluding hydrogens is 244 g/mol. The summed E-state index contributed by atoms with van der Waals surface area (Å²) in [5.41, 5.74) is 1.83. The van der Waals surface area contributed by atoms with Gasteiger partial charge in [0.25, 0.3) is 0 Å². The first-order valence-corrected chi connectivity index (χ1v) is 11.3. The lowest BCUT2D eigenvalue weighted by atomic mass is 9.75. The molecule has 1 unspecified atom stereocenters. The van der Waals surface area contributed by atoms with E-state index in [0.717, 1.165) is 5.54 Å². The summed E-state index contributed by atoms with van der Waals surface area (Å²) in [6, 6.07) is 0. The van der Waals surface area contributed by atoms with Crippen LogP contribution in [0.15, 0.2) is 0 Å². The normalized spacial score (nSPS) is 16.6. The summed E-state index contributed by atoms with van der Waals surface area (Å²) in [4.78, 5) is 0. The highest BCUT2D eigenvalue weighted by Gasteiger charge is 2.48. The SMILES string of the molecule is CCC(C)(CC)CC(C(C)(C)C)[Si](C)(C)C(C)(C)C. The van der Waals surface area contributed by atoms with Gasteiger partial charge in [-0.2, -0.15) is 0 Å². The highest BCUT2D eigenvalue weighted by Crippen LogP contribution is 2.55. The first kappa shape index (κ1) is 19.2. The molecule has 0 fully saturated rings. The smallest absolute Gasteiger partial charge is 0.0564 e. The predicted molar refractivity (Wildman–Crippen MR) is 93.7 cm³/mol. The van der Waals surface area contributed by atoms with Crippen LogP contribution in [0.3, 0.4) is 0 Å². The van der Waals surface area contributed by atoms with Crippen molar-refractivity contribution in [2.24, 2.45) is 10.8 Å². The van der Waals surface area contributed by atoms with Gasteiger partial charge in [0.1, 0.15) is 0 Å². The van der Waals surface area contributed by atoms with Gasteiger partial charge in [-0.05, 0) is 27.8 Å². The molecule has 0 saturated heterocycles. The van der Waals surface area contributed by atoms with E-state index in [-0.39, 0.29) is 0 Å². The Balaban J connectivity index is 5.51. The monoisotopic (exact) mass is 284 g/mol. The lowest BCUT2D eigenvalue weighted by Gasteiger charge is -2.52. The van der Waals surface area contributed by atoms with Crippen LogP contribution in [0.5, 0.6) is 0 Å². The van der Waals surface area contributed by atoms with E-state index in [1.165, 1.54) is 19.3 Å². The minimum absolute atomic E-state index is 0.425. The van der Waals surface area contributed by atoms with Crippen molar-refractivity contribution in [1.82, 2.24) is 0 Å². The molecule has 0 aliphatic carbocycles. The average Bonchev–Trinajstić information content (AvgIpc) is 2.22. The predicted octanol–water partition coefficient (Wildman–Crippen LogP) is 7.13. The fourth-order valence-corrected chi connectivity index (χ4v) is 7.41. The maximum atomic E-state index is 2.62. The molecule has 0 aromatic heterocycles. The molecule has 0 saturated carbocycles. The van der Waals surface area contributed by atoms with E-state index in [1.807, 2.05) is 0 Å². The van der Waals surface area contributed by atoms with Crippen LogP contribution in [0.25, 0.3) is 0 Å². The first-order chi connectivity index (χ1) is 8.21. The lowest BCUT2D eigenvalue weighted by molar-refractivity contribution is 0.211. The van der Waals surface area contributed by atoms with E-state index in [1.54, 1.807) is 0 Å². The summed E-state index contributed by atoms with van der Waals surface area (Å²) < 4.78 is 0. The third kappa shape index (κ3) is 4.62. The Morgan fingerprint density at radius 2 is 1.16 bits per heavy atom. The second kappa shape index (κ2) is 5.91. The van der Waals surface area contributed by atoms with Crippen molar-refractivity contribution in [1.29, 1.82) is 0 Å². The minimum Gasteiger partial charge on any atom is -0.0687 e. The van der Waals surface area contributed by atoms with Crippen LogP contribution in [0.1, 0.15) is 81.6 Å². The van der Waals surface area contributed by atoms with Crippen molar-refractivity contribution in [3.05, 3.63) is 0 Å². The molecule has 0 radical (unpaired) electrons. The fraction of sp³-hybridized carbons (Fsp3) is 1.00. The van der Waals surface area contributed by atoms with E-state index in [2.05, 4.69) is 75.4 Å². The maximum absolute atomic E-state index is 2.62. The summed E-state index contributed by atoms with van der Waals surface area (Å²) in [5, 5.41) is 0.480. The summed E-state index contributed by atoms with van der Waals surface area (Å²) in [6.45, 7) is 27.3. The van der Waals surface area contributed by atoms with Crippen LogP contribution in [0, 0.1) is 10.8 Å². The molecule has 19 heavy (non-hydrogen) atoms. The quantitative estimate of drug-likeness (QED) is 0.471. The molecule has 1 heteroatoms. The van der Waals surface area contributed by atoms with E-state index in [4.69, 9.17) is 0 Å². The summed E-state index contributed by atoms with van der Waals surface area (Å²) in [5.74, 6) is 0. The Morgan fingerprint density at radius 3 is 1.37 bits per heavy atom. The van der Waals surface area contributed by atoms with Crippen molar-refractivity contribution >= 4 is 8.07 Å². The molecule has 0 aromatic rings. The van der Waals surface area contributed by atoms with Crippen LogP contribution >= 0.6 is 0 Å². The zero-order valence-corrected chi connectivity index (χ0v) is 16.7. The first-order valence-electron chi connectivity index (χ1n) is 8.21. The van der Waals surface area contributed by atoms with Gasteiger partial charge < -0.3 is 0 Å². The van der Waals surface area contributed by atoms with Gasteiger partial charge in [0, 0.05) is 0 Å². The van der Waals surface area contributed by atoms with Crippen molar-refractivity contribution in [2.45, 2.75) is 105 Å². The molecule has 0 bridgehead atoms. The summed E-state index contributed by atoms with van der Waals surface area (Å²) >= 11 is 0. The molecule has 0 heterocycles. The van der Waals surface area contributed by atoms with Gasteiger partial charge in [-0.1, -0.05) is 88.2 Å². The second-order valence-corrected chi connectivity index (χ2v) is 15.3. The maximum Gasteiger partial charge on any atom is 0.0564 e. The molecule has 0 spiro atoms. The molecule has 0 aliphatic rings. The van der Waals surface area contributed by atoms with Crippen molar-refractivity contribution in [3.8, 4) is 0 Å². The zero-order chi connectivity index (χ0) is 15.7. The molecule has 1 atom stereocenters. The van der Waals surface area contributed by atoms with Gasteiger partial charge in [0.05, 0.1) is 8.07 Å². The Labute approximate surface area is 124 Å². The van der Waals surface area contributed by atoms with Crippen molar-refractivity contribution in [2.75, 3.05) is 0 Å². The summed E-state index contributed by atoms with van der Waals surface area (Å²) in [6.07, 6.45) is 4.02. The molecule has 0 rings (SSSR count). The topological polar surface area (TPSA) is 0 Å². The van der Waals surface area contributed by atoms with Crippen molar-refractivity contribution in [3.63, 3.8) is 0 Å². The number of hydrogen-bond donors (Lipinski definition) is 0. The van der Waals surface area contributed by atoms with E-state index in [0.29, 0.717) is 15.9 Å². The molecule has 0 aliphatic heterocycles. The van der Waals surface area contributed by atoms with E-state index < -0.39 is 8.07 Å². The van der Waals surface area contributed by atoms with Crippen molar-refractivity contribution < 1.29 is 0 Å². The Bertz CT molecular complexity index is 271. The molecule has 0 amide bonds. The third-order valence-corrected chi connectivity index (χ3v) is 12.9. The van der Waals surface area contributed by atoms with Crippen LogP contribution < -0.4 is 0 Å². The molecule has 0 aromatic carbocycles. The van der Waals surface area contributed by atoms with Crippen LogP contribution in [0.2, 0.25) is 23.7 Å². The highest BCUT2D eigenvalue weighted by atomic mass is 28.3. The van der Waals surface area contributed by atoms with E-state index in [9.17, 15) is 0 Å². The van der Waals surface area contributed by atoms with Gasteiger partial charge in [-0.15, -0.1) is 0 Å². The average molecular weight is 285 g/mol. The third-order valence-electron chi connectivity index (χ3n) is 6.25. The van der Waals surface area contributed by atoms with Crippen LogP contribution in [-0.4, -0.2) is 8.07 Å². The standard InChI is InChI=1S/C18H40Si/c1-12-18(9,13-2)14-15(16(3,4)5)19(10,11)17(6,7)8/h15H,12-14H2,1-11H3. The van der Waals surface area contributed by atoms with Crippen LogP contribution in [-0.2, 0) is 0 Å². The Morgan fingerprint density at radius 1 is 0.789 bits per heavy atom. The number of hydrogen-bond acceptors (Lipinski definition) is 0. The molecule has 0 nitrogen and oxygen atoms in total. The van der Waals surface area contributed by atoms with Gasteiger partial charge in [-0.25, -0.2) is 0 Å². The molecule has 116 valence electrons. The Kier molecular flexibility index (Phi) is 5.98. The highest BCUT2D eigenvalue weighted by molar-refractivity contribution is 6.81. The minimum atomic E-state index is -1.31. The lowest BCUT2D eigenvalue weighted by Crippen LogP contribution is -2.48. The van der Waals surface area contributed by atoms with Crippen LogP contribution in [0.4, 0.5) is 0 Å². The zero-order valence-electron chi connectivity index (χ0n) is 15.7. The van der Waals surface area contributed by atoms with Gasteiger partial charge in [-0.3, -0.25) is 0 Å². The second-order valence-electron chi connectivity index (χ2n) is 9.61. The van der Waals surface area contributed by atoms with E-state index >= 15 is 0 Å². The number of rotatable bonds is 5. The van der Waals surface area contributed by atoms with Gasteiger partial charge in [0.15, 0.2) is 0 Å². The van der Waals surface area contributed by atoms with Gasteiger partial charge >= 0.3 is 0 Å². The molecular formula is C18H40Si. The Hall–Kier alpha value is 0.217. The van der Waals surface area contributed by atoms with Gasteiger partial charge in [0.2, 0.25) is 0 Å².